The van der Waals surface area contributed by atoms with Gasteiger partial charge in [-0.15, -0.1) is 0 Å². The number of aromatic nitrogens is 2. The molecule has 170 valence electrons. The Labute approximate surface area is 185 Å². The molecule has 1 atom stereocenters. The van der Waals surface area contributed by atoms with E-state index in [2.05, 4.69) is 4.98 Å². The van der Waals surface area contributed by atoms with Crippen LogP contribution < -0.4 is 0 Å². The lowest BCUT2D eigenvalue weighted by atomic mass is 9.94. The van der Waals surface area contributed by atoms with Crippen molar-refractivity contribution in [1.29, 1.82) is 0 Å². The molecule has 1 aromatic carbocycles. The van der Waals surface area contributed by atoms with E-state index in [1.165, 1.54) is 12.1 Å². The number of rotatable bonds is 3. The number of fused-ring (bicyclic) bond motifs is 1. The number of morpholine rings is 1. The van der Waals surface area contributed by atoms with Crippen molar-refractivity contribution in [3.05, 3.63) is 53.4 Å². The van der Waals surface area contributed by atoms with Gasteiger partial charge in [-0.3, -0.25) is 9.59 Å². The number of piperidine rings is 1. The van der Waals surface area contributed by atoms with Crippen LogP contribution in [0.3, 0.4) is 0 Å². The summed E-state index contributed by atoms with van der Waals surface area (Å²) < 4.78 is 26.4. The first-order valence-corrected chi connectivity index (χ1v) is 11.2. The number of ether oxygens (including phenoxy) is 2. The van der Waals surface area contributed by atoms with Gasteiger partial charge in [-0.05, 0) is 30.5 Å². The van der Waals surface area contributed by atoms with Crippen LogP contribution in [-0.4, -0.2) is 70.6 Å². The minimum atomic E-state index is -0.281. The molecule has 8 nitrogen and oxygen atoms in total. The van der Waals surface area contributed by atoms with Gasteiger partial charge in [0.1, 0.15) is 11.9 Å². The molecule has 32 heavy (non-hydrogen) atoms. The van der Waals surface area contributed by atoms with Gasteiger partial charge >= 0.3 is 0 Å². The normalized spacial score (nSPS) is 22.0. The molecule has 4 heterocycles. The number of nitrogens with zero attached hydrogens (tertiary/aromatic N) is 4. The Morgan fingerprint density at radius 3 is 2.44 bits per heavy atom. The number of imidazole rings is 1. The van der Waals surface area contributed by atoms with Gasteiger partial charge in [0.2, 0.25) is 5.91 Å². The Bertz CT molecular complexity index is 978. The number of hydrogen-bond acceptors (Lipinski definition) is 5. The van der Waals surface area contributed by atoms with E-state index in [0.29, 0.717) is 64.5 Å². The molecule has 0 N–H and O–H groups in total. The standard InChI is InChI=1S/C23H27FN4O4/c24-18-3-1-16(2-4-18)20-13-28-15-25-21(19(28)14-32-20)23(30)26-7-5-17(6-8-26)22(29)27-9-11-31-12-10-27/h1-4,15,17,20H,5-14H2. The fourth-order valence-corrected chi connectivity index (χ4v) is 4.71. The van der Waals surface area contributed by atoms with Gasteiger partial charge in [-0.25, -0.2) is 9.37 Å². The highest BCUT2D eigenvalue weighted by atomic mass is 19.1. The smallest absolute Gasteiger partial charge is 0.274 e. The third kappa shape index (κ3) is 4.14. The van der Waals surface area contributed by atoms with E-state index in [-0.39, 0.29) is 36.3 Å². The van der Waals surface area contributed by atoms with E-state index in [1.807, 2.05) is 9.47 Å². The molecule has 2 aromatic rings. The number of benzene rings is 1. The van der Waals surface area contributed by atoms with E-state index < -0.39 is 0 Å². The van der Waals surface area contributed by atoms with Crippen LogP contribution in [0.15, 0.2) is 30.6 Å². The van der Waals surface area contributed by atoms with E-state index in [0.717, 1.165) is 11.3 Å². The molecular formula is C23H27FN4O4. The molecule has 0 aliphatic carbocycles. The molecule has 0 radical (unpaired) electrons. The quantitative estimate of drug-likeness (QED) is 0.727. The molecule has 1 aromatic heterocycles. The van der Waals surface area contributed by atoms with Gasteiger partial charge in [0.15, 0.2) is 5.69 Å². The number of halogens is 1. The van der Waals surface area contributed by atoms with Gasteiger partial charge in [-0.2, -0.15) is 0 Å². The zero-order valence-electron chi connectivity index (χ0n) is 17.9. The van der Waals surface area contributed by atoms with Gasteiger partial charge < -0.3 is 23.8 Å². The summed E-state index contributed by atoms with van der Waals surface area (Å²) in [5.41, 5.74) is 2.08. The Morgan fingerprint density at radius 2 is 1.72 bits per heavy atom. The summed E-state index contributed by atoms with van der Waals surface area (Å²) in [6.45, 7) is 4.38. The van der Waals surface area contributed by atoms with Crippen LogP contribution in [0.25, 0.3) is 0 Å². The molecule has 1 unspecified atom stereocenters. The summed E-state index contributed by atoms with van der Waals surface area (Å²) in [7, 11) is 0. The maximum absolute atomic E-state index is 13.2. The highest BCUT2D eigenvalue weighted by Gasteiger charge is 2.33. The third-order valence-electron chi connectivity index (χ3n) is 6.63. The van der Waals surface area contributed by atoms with Crippen molar-refractivity contribution in [2.45, 2.75) is 32.1 Å². The fraction of sp³-hybridized carbons (Fsp3) is 0.522. The minimum Gasteiger partial charge on any atom is -0.378 e. The molecular weight excluding hydrogens is 415 g/mol. The van der Waals surface area contributed by atoms with E-state index in [9.17, 15) is 14.0 Å². The Balaban J connectivity index is 1.20. The van der Waals surface area contributed by atoms with Crippen molar-refractivity contribution in [2.24, 2.45) is 5.92 Å². The third-order valence-corrected chi connectivity index (χ3v) is 6.63. The lowest BCUT2D eigenvalue weighted by Crippen LogP contribution is -2.47. The number of amides is 2. The van der Waals surface area contributed by atoms with Crippen LogP contribution in [0.4, 0.5) is 4.39 Å². The molecule has 2 fully saturated rings. The SMILES string of the molecule is O=C(c1ncn2c1COC(c1ccc(F)cc1)C2)N1CCC(C(=O)N2CCOCC2)CC1. The molecule has 0 saturated carbocycles. The molecule has 0 spiro atoms. The van der Waals surface area contributed by atoms with Crippen LogP contribution in [-0.2, 0) is 27.4 Å². The summed E-state index contributed by atoms with van der Waals surface area (Å²) in [5.74, 6) is -0.246. The lowest BCUT2D eigenvalue weighted by Gasteiger charge is -2.35. The Morgan fingerprint density at radius 1 is 1.00 bits per heavy atom. The molecule has 2 amide bonds. The van der Waals surface area contributed by atoms with Crippen molar-refractivity contribution in [3.8, 4) is 0 Å². The average molecular weight is 442 g/mol. The van der Waals surface area contributed by atoms with Crippen LogP contribution in [0.1, 0.15) is 40.7 Å². The van der Waals surface area contributed by atoms with Crippen molar-refractivity contribution in [3.63, 3.8) is 0 Å². The summed E-state index contributed by atoms with van der Waals surface area (Å²) in [4.78, 5) is 33.9. The Hall–Kier alpha value is -2.78. The van der Waals surface area contributed by atoms with Crippen molar-refractivity contribution >= 4 is 11.8 Å². The molecule has 2 saturated heterocycles. The number of carbonyl (C=O) groups is 2. The molecule has 3 aliphatic rings. The van der Waals surface area contributed by atoms with Gasteiger partial charge in [-0.1, -0.05) is 12.1 Å². The van der Waals surface area contributed by atoms with Crippen LogP contribution in [0, 0.1) is 11.7 Å². The van der Waals surface area contributed by atoms with E-state index in [4.69, 9.17) is 9.47 Å². The Kier molecular flexibility index (Phi) is 5.93. The van der Waals surface area contributed by atoms with Crippen molar-refractivity contribution in [2.75, 3.05) is 39.4 Å². The second kappa shape index (κ2) is 8.99. The zero-order valence-corrected chi connectivity index (χ0v) is 17.9. The summed E-state index contributed by atoms with van der Waals surface area (Å²) in [5, 5.41) is 0. The van der Waals surface area contributed by atoms with Crippen LogP contribution >= 0.6 is 0 Å². The monoisotopic (exact) mass is 442 g/mol. The maximum Gasteiger partial charge on any atom is 0.274 e. The van der Waals surface area contributed by atoms with Gasteiger partial charge in [0.05, 0.1) is 38.4 Å². The first-order chi connectivity index (χ1) is 15.6. The lowest BCUT2D eigenvalue weighted by molar-refractivity contribution is -0.141. The van der Waals surface area contributed by atoms with Crippen LogP contribution in [0.5, 0.6) is 0 Å². The average Bonchev–Trinajstić information content (AvgIpc) is 3.27. The number of hydrogen-bond donors (Lipinski definition) is 0. The van der Waals surface area contributed by atoms with Gasteiger partial charge in [0, 0.05) is 32.1 Å². The number of carbonyl (C=O) groups excluding carboxylic acids is 2. The fourth-order valence-electron chi connectivity index (χ4n) is 4.71. The summed E-state index contributed by atoms with van der Waals surface area (Å²) >= 11 is 0. The maximum atomic E-state index is 13.2. The second-order valence-corrected chi connectivity index (χ2v) is 8.55. The predicted octanol–water partition coefficient (Wildman–Crippen LogP) is 2.00. The van der Waals surface area contributed by atoms with Gasteiger partial charge in [0.25, 0.3) is 5.91 Å². The molecule has 3 aliphatic heterocycles. The number of likely N-dealkylation sites (tertiary alicyclic amines) is 1. The largest absolute Gasteiger partial charge is 0.378 e. The summed E-state index contributed by atoms with van der Waals surface area (Å²) in [6.07, 6.45) is 2.81. The predicted molar refractivity (Wildman–Crippen MR) is 112 cm³/mol. The second-order valence-electron chi connectivity index (χ2n) is 8.55. The zero-order chi connectivity index (χ0) is 22.1. The molecule has 9 heteroatoms. The summed E-state index contributed by atoms with van der Waals surface area (Å²) in [6, 6.07) is 6.28. The first kappa shape index (κ1) is 21.1. The van der Waals surface area contributed by atoms with E-state index >= 15 is 0 Å². The first-order valence-electron chi connectivity index (χ1n) is 11.2. The topological polar surface area (TPSA) is 76.9 Å². The minimum absolute atomic E-state index is 0.0344. The van der Waals surface area contributed by atoms with Crippen LogP contribution in [0.2, 0.25) is 0 Å². The van der Waals surface area contributed by atoms with Crippen molar-refractivity contribution < 1.29 is 23.5 Å². The highest BCUT2D eigenvalue weighted by Crippen LogP contribution is 2.29. The highest BCUT2D eigenvalue weighted by molar-refractivity contribution is 5.93. The molecule has 5 rings (SSSR count). The van der Waals surface area contributed by atoms with E-state index in [1.54, 1.807) is 23.4 Å². The molecule has 0 bridgehead atoms. The van der Waals surface area contributed by atoms with Crippen molar-refractivity contribution in [1.82, 2.24) is 19.4 Å².